The molecular formula is C53H82O13Si2. The van der Waals surface area contributed by atoms with Crippen LogP contribution in [0.4, 0.5) is 0 Å². The molecule has 0 aromatic heterocycles. The van der Waals surface area contributed by atoms with E-state index in [1.807, 2.05) is 91.0 Å². The van der Waals surface area contributed by atoms with Crippen molar-refractivity contribution in [3.63, 3.8) is 0 Å². The average Bonchev–Trinajstić information content (AvgIpc) is 3.30. The highest BCUT2D eigenvalue weighted by Crippen LogP contribution is 2.47. The lowest BCUT2D eigenvalue weighted by atomic mass is 9.93. The van der Waals surface area contributed by atoms with Crippen molar-refractivity contribution in [2.45, 2.75) is 191 Å². The van der Waals surface area contributed by atoms with E-state index in [-0.39, 0.29) is 26.4 Å². The first kappa shape index (κ1) is 54.9. The van der Waals surface area contributed by atoms with Crippen molar-refractivity contribution in [3.8, 4) is 0 Å². The topological polar surface area (TPSA) is 131 Å². The van der Waals surface area contributed by atoms with Gasteiger partial charge in [-0.2, -0.15) is 0 Å². The van der Waals surface area contributed by atoms with Crippen LogP contribution in [0.15, 0.2) is 91.0 Å². The molecule has 3 saturated heterocycles. The molecule has 0 saturated carbocycles. The number of hydrogen-bond donors (Lipinski definition) is 1. The van der Waals surface area contributed by atoms with Crippen LogP contribution in [0.25, 0.3) is 0 Å². The molecule has 3 fully saturated rings. The van der Waals surface area contributed by atoms with Gasteiger partial charge in [0.1, 0.15) is 48.8 Å². The lowest BCUT2D eigenvalue weighted by Gasteiger charge is -2.58. The Labute approximate surface area is 408 Å². The first-order valence-electron chi connectivity index (χ1n) is 24.6. The maximum Gasteiger partial charge on any atom is 0.220 e. The Kier molecular flexibility index (Phi) is 19.6. The predicted octanol–water partition coefficient (Wildman–Crippen LogP) is 9.63. The Morgan fingerprint density at radius 1 is 0.574 bits per heavy atom. The number of benzene rings is 3. The Balaban J connectivity index is 1.41. The Morgan fingerprint density at radius 2 is 1.03 bits per heavy atom. The second-order valence-electron chi connectivity index (χ2n) is 21.0. The fourth-order valence-corrected chi connectivity index (χ4v) is 16.3. The molecule has 0 spiro atoms. The van der Waals surface area contributed by atoms with Crippen molar-refractivity contribution < 1.29 is 61.6 Å². The van der Waals surface area contributed by atoms with E-state index in [1.54, 1.807) is 28.1 Å². The van der Waals surface area contributed by atoms with Gasteiger partial charge in [-0.25, -0.2) is 0 Å². The first-order chi connectivity index (χ1) is 32.3. The SMILES string of the molecule is COC1(C)O[C@H]2[C@@H](O[C@H]3O[C@H](COCc4ccccc4)[C@@H](OCc4ccccc4)[C@H](OCc4ccccc4)[C@@H]3O)[C@@H](CO[Si](C(C)C)(C(C)C)C(C)C)O[C@@H](OCC[Si](C)(C)C)[C@@H]2OC1(C)OC. The summed E-state index contributed by atoms with van der Waals surface area (Å²) >= 11 is 0. The molecule has 12 atom stereocenters. The normalized spacial score (nSPS) is 31.4. The van der Waals surface area contributed by atoms with Gasteiger partial charge in [0, 0.05) is 28.9 Å². The summed E-state index contributed by atoms with van der Waals surface area (Å²) in [5.41, 5.74) is 3.79. The fourth-order valence-electron chi connectivity index (χ4n) is 10.1. The van der Waals surface area contributed by atoms with Crippen molar-refractivity contribution in [2.75, 3.05) is 34.0 Å². The van der Waals surface area contributed by atoms with Crippen LogP contribution in [0.1, 0.15) is 72.1 Å². The summed E-state index contributed by atoms with van der Waals surface area (Å²) in [4.78, 5) is 0. The van der Waals surface area contributed by atoms with Crippen LogP contribution >= 0.6 is 0 Å². The van der Waals surface area contributed by atoms with Crippen molar-refractivity contribution in [3.05, 3.63) is 108 Å². The fraction of sp³-hybridized carbons (Fsp3) is 0.660. The maximum absolute atomic E-state index is 12.7. The minimum atomic E-state index is -2.46. The molecule has 0 bridgehead atoms. The van der Waals surface area contributed by atoms with Crippen LogP contribution in [-0.2, 0) is 76.4 Å². The lowest BCUT2D eigenvalue weighted by molar-refractivity contribution is -0.490. The van der Waals surface area contributed by atoms with Crippen molar-refractivity contribution >= 4 is 16.4 Å². The summed E-state index contributed by atoms with van der Waals surface area (Å²) in [6.45, 7) is 25.6. The van der Waals surface area contributed by atoms with E-state index in [1.165, 1.54) is 0 Å². The minimum absolute atomic E-state index is 0.109. The molecule has 0 radical (unpaired) electrons. The van der Waals surface area contributed by atoms with Crippen molar-refractivity contribution in [2.24, 2.45) is 0 Å². The molecule has 380 valence electrons. The van der Waals surface area contributed by atoms with E-state index >= 15 is 0 Å². The van der Waals surface area contributed by atoms with E-state index in [2.05, 4.69) is 61.2 Å². The van der Waals surface area contributed by atoms with Crippen molar-refractivity contribution in [1.29, 1.82) is 0 Å². The van der Waals surface area contributed by atoms with Gasteiger partial charge in [0.25, 0.3) is 0 Å². The van der Waals surface area contributed by atoms with E-state index < -0.39 is 89.4 Å². The van der Waals surface area contributed by atoms with E-state index in [0.29, 0.717) is 29.8 Å². The van der Waals surface area contributed by atoms with E-state index in [0.717, 1.165) is 22.7 Å². The molecule has 2 unspecified atom stereocenters. The molecule has 3 heterocycles. The number of ether oxygens (including phenoxy) is 11. The third kappa shape index (κ3) is 13.2. The Morgan fingerprint density at radius 3 is 1.51 bits per heavy atom. The van der Waals surface area contributed by atoms with Gasteiger partial charge in [-0.15, -0.1) is 0 Å². The molecule has 3 aromatic rings. The minimum Gasteiger partial charge on any atom is -0.413 e. The second kappa shape index (κ2) is 24.3. The molecule has 15 heteroatoms. The van der Waals surface area contributed by atoms with Crippen LogP contribution in [0, 0.1) is 0 Å². The van der Waals surface area contributed by atoms with Gasteiger partial charge in [0.05, 0.1) is 33.0 Å². The smallest absolute Gasteiger partial charge is 0.220 e. The molecule has 1 N–H and O–H groups in total. The number of hydrogen-bond acceptors (Lipinski definition) is 13. The van der Waals surface area contributed by atoms with Gasteiger partial charge in [-0.05, 0) is 53.2 Å². The molecular weight excluding hydrogens is 901 g/mol. The van der Waals surface area contributed by atoms with Gasteiger partial charge < -0.3 is 61.6 Å². The number of aliphatic hydroxyl groups is 1. The van der Waals surface area contributed by atoms with E-state index in [4.69, 9.17) is 56.5 Å². The average molecular weight is 983 g/mol. The number of fused-ring (bicyclic) bond motifs is 1. The highest BCUT2D eigenvalue weighted by atomic mass is 28.4. The van der Waals surface area contributed by atoms with Crippen LogP contribution in [0.5, 0.6) is 0 Å². The summed E-state index contributed by atoms with van der Waals surface area (Å²) in [5, 5.41) is 12.7. The number of methoxy groups -OCH3 is 2. The lowest BCUT2D eigenvalue weighted by Crippen LogP contribution is -2.74. The van der Waals surface area contributed by atoms with Gasteiger partial charge in [-0.1, -0.05) is 152 Å². The molecule has 3 aliphatic rings. The Bertz CT molecular complexity index is 1900. The van der Waals surface area contributed by atoms with Crippen LogP contribution < -0.4 is 0 Å². The number of aliphatic hydroxyl groups excluding tert-OH is 1. The maximum atomic E-state index is 12.7. The highest BCUT2D eigenvalue weighted by Gasteiger charge is 2.64. The van der Waals surface area contributed by atoms with Gasteiger partial charge in [-0.3, -0.25) is 0 Å². The summed E-state index contributed by atoms with van der Waals surface area (Å²) < 4.78 is 81.1. The quantitative estimate of drug-likeness (QED) is 0.0856. The molecule has 0 amide bonds. The van der Waals surface area contributed by atoms with Gasteiger partial charge in [0.2, 0.25) is 11.6 Å². The zero-order valence-electron chi connectivity index (χ0n) is 43.0. The molecule has 3 aliphatic heterocycles. The molecule has 3 aromatic carbocycles. The predicted molar refractivity (Wildman–Crippen MR) is 266 cm³/mol. The van der Waals surface area contributed by atoms with Crippen LogP contribution in [0.2, 0.25) is 42.3 Å². The molecule has 6 rings (SSSR count). The van der Waals surface area contributed by atoms with Crippen LogP contribution in [-0.4, -0.2) is 129 Å². The van der Waals surface area contributed by atoms with Crippen LogP contribution in [0.3, 0.4) is 0 Å². The van der Waals surface area contributed by atoms with Gasteiger partial charge >= 0.3 is 0 Å². The molecule has 13 nitrogen and oxygen atoms in total. The third-order valence-electron chi connectivity index (χ3n) is 14.1. The molecule has 0 aliphatic carbocycles. The standard InChI is InChI=1S/C53H82O13Si2/c1-36(2)68(37(3)4,38(5)6)61-35-43-46(48-49(51(63-43)58-29-30-67(11,12)13)66-53(8,56-10)52(7,55-9)65-48)64-50-44(54)47(60-33-41-27-21-16-22-28-41)45(59-32-40-25-19-15-20-26-40)42(62-50)34-57-31-39-23-17-14-18-24-39/h14-28,36-38,42-51,54H,29-35H2,1-13H3/t42-,43-,44+,45-,46+,47-,48+,49-,50-,51-,52?,53?/m1/s1. The summed E-state index contributed by atoms with van der Waals surface area (Å²) in [7, 11) is -0.859. The first-order valence-corrected chi connectivity index (χ1v) is 30.5. The third-order valence-corrected chi connectivity index (χ3v) is 21.9. The summed E-state index contributed by atoms with van der Waals surface area (Å²) in [6, 6.07) is 30.6. The number of rotatable bonds is 24. The summed E-state index contributed by atoms with van der Waals surface area (Å²) in [6.07, 6.45) is -9.43. The summed E-state index contributed by atoms with van der Waals surface area (Å²) in [5.74, 6) is -2.79. The monoisotopic (exact) mass is 983 g/mol. The zero-order chi connectivity index (χ0) is 49.3. The zero-order valence-corrected chi connectivity index (χ0v) is 45.0. The van der Waals surface area contributed by atoms with E-state index in [9.17, 15) is 5.11 Å². The molecule has 68 heavy (non-hydrogen) atoms. The highest BCUT2D eigenvalue weighted by molar-refractivity contribution is 6.77. The van der Waals surface area contributed by atoms with Crippen molar-refractivity contribution in [1.82, 2.24) is 0 Å². The Hall–Kier alpha value is -2.43. The van der Waals surface area contributed by atoms with Gasteiger partial charge in [0.15, 0.2) is 20.9 Å². The largest absolute Gasteiger partial charge is 0.413 e. The second-order valence-corrected chi connectivity index (χ2v) is 32.1.